The Morgan fingerprint density at radius 3 is 2.67 bits per heavy atom. The summed E-state index contributed by atoms with van der Waals surface area (Å²) < 4.78 is 26.1. The molecule has 8 heteroatoms. The Bertz CT molecular complexity index is 1220. The molecule has 168 valence electrons. The molecule has 3 rings (SSSR count). The van der Waals surface area contributed by atoms with Gasteiger partial charge < -0.3 is 14.8 Å². The van der Waals surface area contributed by atoms with Crippen molar-refractivity contribution in [3.63, 3.8) is 0 Å². The first kappa shape index (κ1) is 24.7. The van der Waals surface area contributed by atoms with Crippen molar-refractivity contribution >= 4 is 56.2 Å². The Morgan fingerprint density at radius 1 is 1.18 bits per heavy atom. The zero-order chi connectivity index (χ0) is 23.8. The van der Waals surface area contributed by atoms with E-state index in [0.717, 1.165) is 3.57 Å². The number of hydrogen-bond donors (Lipinski definition) is 1. The number of benzene rings is 3. The van der Waals surface area contributed by atoms with Crippen molar-refractivity contribution in [2.45, 2.75) is 13.5 Å². The minimum atomic E-state index is -0.524. The monoisotopic (exact) mass is 620 g/mol. The fourth-order valence-corrected chi connectivity index (χ4v) is 4.70. The van der Waals surface area contributed by atoms with Crippen molar-refractivity contribution in [2.24, 2.45) is 0 Å². The minimum Gasteiger partial charge on any atom is -0.494 e. The lowest BCUT2D eigenvalue weighted by Gasteiger charge is -2.12. The molecule has 3 aromatic carbocycles. The topological polar surface area (TPSA) is 71.3 Å². The number of nitriles is 1. The van der Waals surface area contributed by atoms with Crippen LogP contribution in [0.5, 0.6) is 11.5 Å². The molecule has 1 N–H and O–H groups in total. The maximum absolute atomic E-state index is 13.4. The molecule has 0 fully saturated rings. The van der Waals surface area contributed by atoms with Gasteiger partial charge in [-0.1, -0.05) is 18.2 Å². The van der Waals surface area contributed by atoms with Crippen LogP contribution in [0.1, 0.15) is 18.1 Å². The molecule has 33 heavy (non-hydrogen) atoms. The molecule has 0 aliphatic heterocycles. The molecule has 5 nitrogen and oxygen atoms in total. The van der Waals surface area contributed by atoms with Gasteiger partial charge in [-0.05, 0) is 99.0 Å². The molecule has 1 amide bonds. The summed E-state index contributed by atoms with van der Waals surface area (Å²) in [6.45, 7) is 2.59. The van der Waals surface area contributed by atoms with Gasteiger partial charge in [0.1, 0.15) is 35.6 Å². The van der Waals surface area contributed by atoms with Gasteiger partial charge in [-0.15, -0.1) is 0 Å². The molecule has 0 aliphatic carbocycles. The van der Waals surface area contributed by atoms with Crippen LogP contribution in [-0.4, -0.2) is 12.5 Å². The molecule has 0 spiro atoms. The fourth-order valence-electron chi connectivity index (χ4n) is 2.93. The average Bonchev–Trinajstić information content (AvgIpc) is 2.77. The predicted molar refractivity (Wildman–Crippen MR) is 137 cm³/mol. The number of ether oxygens (including phenoxy) is 2. The summed E-state index contributed by atoms with van der Waals surface area (Å²) in [5.74, 6) is 0.374. The van der Waals surface area contributed by atoms with Crippen molar-refractivity contribution in [1.29, 1.82) is 5.26 Å². The summed E-state index contributed by atoms with van der Waals surface area (Å²) in [5, 5.41) is 12.2. The second-order valence-electron chi connectivity index (χ2n) is 6.82. The normalized spacial score (nSPS) is 10.9. The number of nitrogens with zero attached hydrogens (tertiary/aromatic N) is 1. The summed E-state index contributed by atoms with van der Waals surface area (Å²) in [7, 11) is 0. The largest absolute Gasteiger partial charge is 0.494 e. The van der Waals surface area contributed by atoms with Crippen molar-refractivity contribution in [3.8, 4) is 17.6 Å². The van der Waals surface area contributed by atoms with Gasteiger partial charge in [0.05, 0.1) is 14.6 Å². The SMILES string of the molecule is CCOc1cccc(NC(=O)/C(C#N)=C\c2cc(Br)c(OCc3cccc(F)c3)c(I)c2)c1. The van der Waals surface area contributed by atoms with Gasteiger partial charge in [-0.25, -0.2) is 4.39 Å². The quantitative estimate of drug-likeness (QED) is 0.172. The van der Waals surface area contributed by atoms with Crippen molar-refractivity contribution in [1.82, 2.24) is 0 Å². The zero-order valence-electron chi connectivity index (χ0n) is 17.6. The van der Waals surface area contributed by atoms with E-state index in [2.05, 4.69) is 43.8 Å². The number of hydrogen-bond acceptors (Lipinski definition) is 4. The first-order valence-corrected chi connectivity index (χ1v) is 11.8. The summed E-state index contributed by atoms with van der Waals surface area (Å²) in [4.78, 5) is 12.6. The van der Waals surface area contributed by atoms with E-state index in [9.17, 15) is 14.4 Å². The van der Waals surface area contributed by atoms with Crippen LogP contribution in [-0.2, 0) is 11.4 Å². The number of rotatable bonds is 8. The van der Waals surface area contributed by atoms with E-state index in [1.54, 1.807) is 48.5 Å². The summed E-state index contributed by atoms with van der Waals surface area (Å²) >= 11 is 5.59. The highest BCUT2D eigenvalue weighted by Crippen LogP contribution is 2.33. The third-order valence-corrected chi connectivity index (χ3v) is 5.76. The molecule has 0 atom stereocenters. The van der Waals surface area contributed by atoms with E-state index in [1.807, 2.05) is 13.0 Å². The van der Waals surface area contributed by atoms with E-state index >= 15 is 0 Å². The number of amides is 1. The van der Waals surface area contributed by atoms with Crippen LogP contribution < -0.4 is 14.8 Å². The lowest BCUT2D eigenvalue weighted by Crippen LogP contribution is -2.13. The molecule has 0 heterocycles. The smallest absolute Gasteiger partial charge is 0.266 e. The number of halogens is 3. The number of anilines is 1. The van der Waals surface area contributed by atoms with Crippen LogP contribution in [0.15, 0.2) is 70.7 Å². The Labute approximate surface area is 213 Å². The van der Waals surface area contributed by atoms with Gasteiger partial charge in [-0.2, -0.15) is 5.26 Å². The van der Waals surface area contributed by atoms with E-state index in [4.69, 9.17) is 9.47 Å². The lowest BCUT2D eigenvalue weighted by atomic mass is 10.1. The second kappa shape index (κ2) is 11.8. The van der Waals surface area contributed by atoms with Crippen molar-refractivity contribution < 1.29 is 18.7 Å². The van der Waals surface area contributed by atoms with Crippen LogP contribution >= 0.6 is 38.5 Å². The van der Waals surface area contributed by atoms with Gasteiger partial charge in [0.2, 0.25) is 0 Å². The van der Waals surface area contributed by atoms with Crippen LogP contribution in [0, 0.1) is 20.7 Å². The van der Waals surface area contributed by atoms with Crippen LogP contribution in [0.2, 0.25) is 0 Å². The first-order valence-electron chi connectivity index (χ1n) is 9.92. The number of carbonyl (C=O) groups excluding carboxylic acids is 1. The third kappa shape index (κ3) is 7.04. The molecular formula is C25H19BrFIN2O3. The molecule has 0 saturated heterocycles. The maximum Gasteiger partial charge on any atom is 0.266 e. The highest BCUT2D eigenvalue weighted by atomic mass is 127. The Hall–Kier alpha value is -2.90. The molecule has 0 unspecified atom stereocenters. The Kier molecular flexibility index (Phi) is 8.86. The van der Waals surface area contributed by atoms with Crippen LogP contribution in [0.3, 0.4) is 0 Å². The van der Waals surface area contributed by atoms with Crippen molar-refractivity contribution in [2.75, 3.05) is 11.9 Å². The van der Waals surface area contributed by atoms with Gasteiger partial charge in [0.25, 0.3) is 5.91 Å². The highest BCUT2D eigenvalue weighted by molar-refractivity contribution is 14.1. The molecule has 0 aliphatic rings. The first-order chi connectivity index (χ1) is 15.9. The van der Waals surface area contributed by atoms with E-state index in [1.165, 1.54) is 18.2 Å². The number of nitrogens with one attached hydrogen (secondary N) is 1. The lowest BCUT2D eigenvalue weighted by molar-refractivity contribution is -0.112. The molecule has 0 saturated carbocycles. The van der Waals surface area contributed by atoms with Gasteiger partial charge in [0.15, 0.2) is 0 Å². The summed E-state index contributed by atoms with van der Waals surface area (Å²) in [5.41, 5.74) is 1.84. The van der Waals surface area contributed by atoms with Gasteiger partial charge in [-0.3, -0.25) is 4.79 Å². The van der Waals surface area contributed by atoms with Gasteiger partial charge >= 0.3 is 0 Å². The summed E-state index contributed by atoms with van der Waals surface area (Å²) in [6, 6.07) is 18.7. The van der Waals surface area contributed by atoms with Gasteiger partial charge in [0, 0.05) is 11.8 Å². The summed E-state index contributed by atoms with van der Waals surface area (Å²) in [6.07, 6.45) is 1.50. The van der Waals surface area contributed by atoms with E-state index in [0.29, 0.717) is 39.4 Å². The molecule has 3 aromatic rings. The van der Waals surface area contributed by atoms with Crippen LogP contribution in [0.4, 0.5) is 10.1 Å². The minimum absolute atomic E-state index is 0.0482. The average molecular weight is 621 g/mol. The standard InChI is InChI=1S/C25H19BrFIN2O3/c1-2-32-21-8-4-7-20(13-21)30-25(31)18(14-29)9-17-11-22(26)24(23(28)12-17)33-15-16-5-3-6-19(27)10-16/h3-13H,2,15H2,1H3,(H,30,31)/b18-9-. The predicted octanol–water partition coefficient (Wildman–Crippen LogP) is 6.72. The van der Waals surface area contributed by atoms with E-state index < -0.39 is 5.91 Å². The van der Waals surface area contributed by atoms with Crippen molar-refractivity contribution in [3.05, 3.63) is 91.2 Å². The third-order valence-electron chi connectivity index (χ3n) is 4.37. The second-order valence-corrected chi connectivity index (χ2v) is 8.83. The maximum atomic E-state index is 13.4. The molecule has 0 radical (unpaired) electrons. The zero-order valence-corrected chi connectivity index (χ0v) is 21.3. The Balaban J connectivity index is 1.76. The number of carbonyl (C=O) groups is 1. The Morgan fingerprint density at radius 2 is 1.97 bits per heavy atom. The molecular weight excluding hydrogens is 602 g/mol. The van der Waals surface area contributed by atoms with E-state index in [-0.39, 0.29) is 18.0 Å². The van der Waals surface area contributed by atoms with Crippen LogP contribution in [0.25, 0.3) is 6.08 Å². The molecule has 0 bridgehead atoms. The molecule has 0 aromatic heterocycles. The fraction of sp³-hybridized carbons (Fsp3) is 0.120. The highest BCUT2D eigenvalue weighted by Gasteiger charge is 2.13.